The second-order valence-electron chi connectivity index (χ2n) is 5.32. The molecule has 1 aromatic carbocycles. The maximum atomic E-state index is 12.1. The van der Waals surface area contributed by atoms with Gasteiger partial charge in [0.05, 0.1) is 19.2 Å². The zero-order valence-electron chi connectivity index (χ0n) is 13.0. The molecule has 0 radical (unpaired) electrons. The Morgan fingerprint density at radius 1 is 1.32 bits per heavy atom. The van der Waals surface area contributed by atoms with Crippen molar-refractivity contribution in [3.05, 3.63) is 22.7 Å². The van der Waals surface area contributed by atoms with Crippen molar-refractivity contribution in [3.63, 3.8) is 0 Å². The molecule has 6 heteroatoms. The Hall–Kier alpha value is -1.46. The molecule has 1 saturated carbocycles. The lowest BCUT2D eigenvalue weighted by Crippen LogP contribution is -2.25. The molecule has 122 valence electrons. The fraction of sp³-hybridized carbons (Fsp3) is 0.562. The van der Waals surface area contributed by atoms with E-state index in [9.17, 15) is 4.79 Å². The highest BCUT2D eigenvalue weighted by atomic mass is 35.5. The molecule has 0 aromatic heterocycles. The van der Waals surface area contributed by atoms with Gasteiger partial charge >= 0.3 is 0 Å². The fourth-order valence-electron chi connectivity index (χ4n) is 2.06. The van der Waals surface area contributed by atoms with Crippen LogP contribution in [0.25, 0.3) is 0 Å². The minimum absolute atomic E-state index is 0.190. The number of hydrogen-bond acceptors (Lipinski definition) is 4. The second kappa shape index (κ2) is 8.25. The Balaban J connectivity index is 1.79. The van der Waals surface area contributed by atoms with Crippen LogP contribution in [0.3, 0.4) is 0 Å². The SMILES string of the molecule is COc1cc(C(=O)NCCCOCC2CC2)cc(Cl)c1OC. The van der Waals surface area contributed by atoms with Gasteiger partial charge in [0.15, 0.2) is 11.5 Å². The zero-order chi connectivity index (χ0) is 15.9. The lowest BCUT2D eigenvalue weighted by molar-refractivity contribution is 0.0937. The molecule has 0 unspecified atom stereocenters. The lowest BCUT2D eigenvalue weighted by atomic mass is 10.2. The normalized spacial score (nSPS) is 13.8. The van der Waals surface area contributed by atoms with E-state index in [4.69, 9.17) is 25.8 Å². The third-order valence-electron chi connectivity index (χ3n) is 3.50. The van der Waals surface area contributed by atoms with Crippen LogP contribution in [0.15, 0.2) is 12.1 Å². The maximum Gasteiger partial charge on any atom is 0.251 e. The molecule has 2 rings (SSSR count). The molecule has 1 N–H and O–H groups in total. The molecular weight excluding hydrogens is 306 g/mol. The van der Waals surface area contributed by atoms with Gasteiger partial charge < -0.3 is 19.5 Å². The minimum atomic E-state index is -0.190. The third kappa shape index (κ3) is 4.78. The van der Waals surface area contributed by atoms with Gasteiger partial charge in [-0.2, -0.15) is 0 Å². The summed E-state index contributed by atoms with van der Waals surface area (Å²) in [6, 6.07) is 3.19. The van der Waals surface area contributed by atoms with E-state index in [1.807, 2.05) is 0 Å². The summed E-state index contributed by atoms with van der Waals surface area (Å²) in [5.41, 5.74) is 0.446. The highest BCUT2D eigenvalue weighted by Crippen LogP contribution is 2.35. The standard InChI is InChI=1S/C16H22ClNO4/c1-20-14-9-12(8-13(17)15(14)21-2)16(19)18-6-3-7-22-10-11-4-5-11/h8-9,11H,3-7,10H2,1-2H3,(H,18,19). The van der Waals surface area contributed by atoms with Crippen molar-refractivity contribution in [2.24, 2.45) is 5.92 Å². The van der Waals surface area contributed by atoms with Crippen LogP contribution in [0.4, 0.5) is 0 Å². The summed E-state index contributed by atoms with van der Waals surface area (Å²) in [6.45, 7) is 2.08. The third-order valence-corrected chi connectivity index (χ3v) is 3.78. The van der Waals surface area contributed by atoms with E-state index in [1.165, 1.54) is 27.1 Å². The van der Waals surface area contributed by atoms with Crippen LogP contribution >= 0.6 is 11.6 Å². The Labute approximate surface area is 135 Å². The average Bonchev–Trinajstić information content (AvgIpc) is 3.33. The quantitative estimate of drug-likeness (QED) is 0.709. The molecule has 1 fully saturated rings. The van der Waals surface area contributed by atoms with E-state index in [0.29, 0.717) is 35.2 Å². The summed E-state index contributed by atoms with van der Waals surface area (Å²) in [5, 5.41) is 3.19. The van der Waals surface area contributed by atoms with Crippen LogP contribution in [0, 0.1) is 5.92 Å². The van der Waals surface area contributed by atoms with E-state index in [2.05, 4.69) is 5.32 Å². The van der Waals surface area contributed by atoms with Crippen molar-refractivity contribution in [3.8, 4) is 11.5 Å². The number of benzene rings is 1. The molecule has 1 aliphatic rings. The van der Waals surface area contributed by atoms with Crippen LogP contribution in [0.1, 0.15) is 29.6 Å². The van der Waals surface area contributed by atoms with E-state index < -0.39 is 0 Å². The highest BCUT2D eigenvalue weighted by Gasteiger charge is 2.20. The number of halogens is 1. The summed E-state index contributed by atoms with van der Waals surface area (Å²) < 4.78 is 15.9. The number of carbonyl (C=O) groups excluding carboxylic acids is 1. The number of ether oxygens (including phenoxy) is 3. The zero-order valence-corrected chi connectivity index (χ0v) is 13.7. The van der Waals surface area contributed by atoms with Gasteiger partial charge in [0.1, 0.15) is 0 Å². The first-order chi connectivity index (χ1) is 10.7. The molecule has 1 amide bonds. The highest BCUT2D eigenvalue weighted by molar-refractivity contribution is 6.32. The molecule has 0 bridgehead atoms. The smallest absolute Gasteiger partial charge is 0.251 e. The van der Waals surface area contributed by atoms with Gasteiger partial charge in [-0.15, -0.1) is 0 Å². The average molecular weight is 328 g/mol. The Bertz CT molecular complexity index is 517. The van der Waals surface area contributed by atoms with E-state index in [1.54, 1.807) is 12.1 Å². The maximum absolute atomic E-state index is 12.1. The number of amides is 1. The molecular formula is C16H22ClNO4. The number of carbonyl (C=O) groups is 1. The van der Waals surface area contributed by atoms with Gasteiger partial charge in [0.2, 0.25) is 0 Å². The topological polar surface area (TPSA) is 56.8 Å². The molecule has 5 nitrogen and oxygen atoms in total. The van der Waals surface area contributed by atoms with Crippen LogP contribution < -0.4 is 14.8 Å². The van der Waals surface area contributed by atoms with Gasteiger partial charge in [-0.25, -0.2) is 0 Å². The molecule has 1 aliphatic carbocycles. The number of hydrogen-bond donors (Lipinski definition) is 1. The van der Waals surface area contributed by atoms with Crippen molar-refractivity contribution in [2.45, 2.75) is 19.3 Å². The Morgan fingerprint density at radius 3 is 2.73 bits per heavy atom. The number of rotatable bonds is 9. The van der Waals surface area contributed by atoms with Crippen molar-refractivity contribution >= 4 is 17.5 Å². The summed E-state index contributed by atoms with van der Waals surface area (Å²) in [7, 11) is 3.01. The van der Waals surface area contributed by atoms with Crippen molar-refractivity contribution in [1.29, 1.82) is 0 Å². The van der Waals surface area contributed by atoms with Gasteiger partial charge in [-0.3, -0.25) is 4.79 Å². The fourth-order valence-corrected chi connectivity index (χ4v) is 2.35. The minimum Gasteiger partial charge on any atom is -0.493 e. The second-order valence-corrected chi connectivity index (χ2v) is 5.73. The number of methoxy groups -OCH3 is 2. The Morgan fingerprint density at radius 2 is 2.09 bits per heavy atom. The molecule has 1 aromatic rings. The predicted molar refractivity (Wildman–Crippen MR) is 85.0 cm³/mol. The van der Waals surface area contributed by atoms with Crippen molar-refractivity contribution in [1.82, 2.24) is 5.32 Å². The van der Waals surface area contributed by atoms with Gasteiger partial charge in [-0.05, 0) is 37.3 Å². The summed E-state index contributed by atoms with van der Waals surface area (Å²) in [4.78, 5) is 12.1. The molecule has 0 atom stereocenters. The van der Waals surface area contributed by atoms with Gasteiger partial charge in [-0.1, -0.05) is 11.6 Å². The van der Waals surface area contributed by atoms with E-state index in [0.717, 1.165) is 18.9 Å². The number of nitrogens with one attached hydrogen (secondary N) is 1. The molecule has 0 aliphatic heterocycles. The monoisotopic (exact) mass is 327 g/mol. The Kier molecular flexibility index (Phi) is 6.34. The van der Waals surface area contributed by atoms with Crippen LogP contribution in [-0.2, 0) is 4.74 Å². The summed E-state index contributed by atoms with van der Waals surface area (Å²) in [6.07, 6.45) is 3.37. The van der Waals surface area contributed by atoms with Crippen LogP contribution in [0.2, 0.25) is 5.02 Å². The first-order valence-corrected chi connectivity index (χ1v) is 7.81. The van der Waals surface area contributed by atoms with Gasteiger partial charge in [0.25, 0.3) is 5.91 Å². The first kappa shape index (κ1) is 16.9. The van der Waals surface area contributed by atoms with E-state index in [-0.39, 0.29) is 5.91 Å². The van der Waals surface area contributed by atoms with Gasteiger partial charge in [0, 0.05) is 25.3 Å². The predicted octanol–water partition coefficient (Wildman–Crippen LogP) is 2.90. The lowest BCUT2D eigenvalue weighted by Gasteiger charge is -2.12. The summed E-state index contributed by atoms with van der Waals surface area (Å²) in [5.74, 6) is 1.44. The van der Waals surface area contributed by atoms with Crippen LogP contribution in [0.5, 0.6) is 11.5 Å². The first-order valence-electron chi connectivity index (χ1n) is 7.43. The van der Waals surface area contributed by atoms with Crippen molar-refractivity contribution in [2.75, 3.05) is 34.0 Å². The van der Waals surface area contributed by atoms with Crippen molar-refractivity contribution < 1.29 is 19.0 Å². The molecule has 0 spiro atoms. The van der Waals surface area contributed by atoms with Crippen LogP contribution in [-0.4, -0.2) is 39.9 Å². The molecule has 0 heterocycles. The summed E-state index contributed by atoms with van der Waals surface area (Å²) >= 11 is 6.09. The molecule has 22 heavy (non-hydrogen) atoms. The molecule has 0 saturated heterocycles. The largest absolute Gasteiger partial charge is 0.493 e. The van der Waals surface area contributed by atoms with E-state index >= 15 is 0 Å².